The summed E-state index contributed by atoms with van der Waals surface area (Å²) in [5.74, 6) is 0.183. The molecule has 2 aromatic rings. The Bertz CT molecular complexity index is 801. The lowest BCUT2D eigenvalue weighted by atomic mass is 10.1. The van der Waals surface area contributed by atoms with E-state index in [1.54, 1.807) is 18.2 Å². The topological polar surface area (TPSA) is 49.4 Å². The van der Waals surface area contributed by atoms with Gasteiger partial charge in [0.05, 0.1) is 0 Å². The van der Waals surface area contributed by atoms with Crippen LogP contribution in [0, 0.1) is 0 Å². The fourth-order valence-corrected chi connectivity index (χ4v) is 3.74. The summed E-state index contributed by atoms with van der Waals surface area (Å²) in [5.41, 5.74) is 2.93. The van der Waals surface area contributed by atoms with Crippen molar-refractivity contribution < 1.29 is 9.59 Å². The SMILES string of the molecule is O=C(CCc1c(Cl)cccc1Cl)NCc1ccc(CN2CCCC2=O)cc1. The van der Waals surface area contributed by atoms with Crippen LogP contribution in [-0.4, -0.2) is 23.3 Å². The Morgan fingerprint density at radius 1 is 1.04 bits per heavy atom. The second-order valence-electron chi connectivity index (χ2n) is 6.71. The Labute approximate surface area is 169 Å². The number of amides is 2. The first-order valence-electron chi connectivity index (χ1n) is 9.08. The molecule has 0 radical (unpaired) electrons. The number of hydrogen-bond acceptors (Lipinski definition) is 2. The van der Waals surface area contributed by atoms with Gasteiger partial charge in [-0.15, -0.1) is 0 Å². The van der Waals surface area contributed by atoms with E-state index in [1.807, 2.05) is 29.2 Å². The van der Waals surface area contributed by atoms with Crippen LogP contribution in [0.1, 0.15) is 36.0 Å². The molecule has 6 heteroatoms. The third-order valence-corrected chi connectivity index (χ3v) is 5.43. The third-order valence-electron chi connectivity index (χ3n) is 4.72. The summed E-state index contributed by atoms with van der Waals surface area (Å²) in [6.07, 6.45) is 2.44. The zero-order valence-corrected chi connectivity index (χ0v) is 16.5. The van der Waals surface area contributed by atoms with Gasteiger partial charge in [0, 0.05) is 42.5 Å². The van der Waals surface area contributed by atoms with E-state index in [9.17, 15) is 9.59 Å². The van der Waals surface area contributed by atoms with Crippen LogP contribution in [0.2, 0.25) is 10.0 Å². The predicted molar refractivity (Wildman–Crippen MR) is 108 cm³/mol. The van der Waals surface area contributed by atoms with Crippen molar-refractivity contribution in [1.29, 1.82) is 0 Å². The van der Waals surface area contributed by atoms with Gasteiger partial charge in [0.1, 0.15) is 0 Å². The van der Waals surface area contributed by atoms with Gasteiger partial charge < -0.3 is 10.2 Å². The van der Waals surface area contributed by atoms with Gasteiger partial charge in [-0.1, -0.05) is 53.5 Å². The summed E-state index contributed by atoms with van der Waals surface area (Å²) in [7, 11) is 0. The summed E-state index contributed by atoms with van der Waals surface area (Å²) in [5, 5.41) is 4.09. The minimum atomic E-state index is -0.0438. The molecule has 0 aromatic heterocycles. The Kier molecular flexibility index (Phi) is 6.75. The van der Waals surface area contributed by atoms with Crippen LogP contribution in [0.4, 0.5) is 0 Å². The van der Waals surface area contributed by atoms with E-state index in [-0.39, 0.29) is 11.8 Å². The van der Waals surface area contributed by atoms with E-state index in [0.717, 1.165) is 29.7 Å². The molecule has 1 aliphatic rings. The second kappa shape index (κ2) is 9.25. The molecule has 0 aliphatic carbocycles. The molecule has 4 nitrogen and oxygen atoms in total. The standard InChI is InChI=1S/C21H22Cl2N2O2/c22-18-3-1-4-19(23)17(18)10-11-20(26)24-13-15-6-8-16(9-7-15)14-25-12-2-5-21(25)27/h1,3-4,6-9H,2,5,10-14H2,(H,24,26). The monoisotopic (exact) mass is 404 g/mol. The van der Waals surface area contributed by atoms with Crippen molar-refractivity contribution >= 4 is 35.0 Å². The van der Waals surface area contributed by atoms with Gasteiger partial charge in [-0.05, 0) is 41.7 Å². The summed E-state index contributed by atoms with van der Waals surface area (Å²) < 4.78 is 0. The molecule has 3 rings (SSSR count). The van der Waals surface area contributed by atoms with Gasteiger partial charge in [0.15, 0.2) is 0 Å². The predicted octanol–water partition coefficient (Wildman–Crippen LogP) is 4.36. The molecule has 0 saturated carbocycles. The van der Waals surface area contributed by atoms with Crippen LogP contribution >= 0.6 is 23.2 Å². The number of carbonyl (C=O) groups excluding carboxylic acids is 2. The van der Waals surface area contributed by atoms with Gasteiger partial charge >= 0.3 is 0 Å². The third kappa shape index (κ3) is 5.47. The van der Waals surface area contributed by atoms with Crippen LogP contribution in [0.25, 0.3) is 0 Å². The fraction of sp³-hybridized carbons (Fsp3) is 0.333. The largest absolute Gasteiger partial charge is 0.352 e. The molecule has 1 saturated heterocycles. The summed E-state index contributed by atoms with van der Waals surface area (Å²) in [6.45, 7) is 1.97. The maximum Gasteiger partial charge on any atom is 0.222 e. The van der Waals surface area contributed by atoms with Crippen LogP contribution < -0.4 is 5.32 Å². The molecule has 27 heavy (non-hydrogen) atoms. The van der Waals surface area contributed by atoms with Crippen molar-refractivity contribution in [2.24, 2.45) is 0 Å². The minimum absolute atomic E-state index is 0.0438. The maximum absolute atomic E-state index is 12.1. The zero-order valence-electron chi connectivity index (χ0n) is 15.0. The Balaban J connectivity index is 1.45. The van der Waals surface area contributed by atoms with Crippen LogP contribution in [-0.2, 0) is 29.1 Å². The first-order chi connectivity index (χ1) is 13.0. The number of likely N-dealkylation sites (tertiary alicyclic amines) is 1. The van der Waals surface area contributed by atoms with Crippen molar-refractivity contribution in [2.45, 2.75) is 38.8 Å². The Morgan fingerprint density at radius 2 is 1.70 bits per heavy atom. The molecule has 1 heterocycles. The average Bonchev–Trinajstić information content (AvgIpc) is 3.05. The zero-order chi connectivity index (χ0) is 19.2. The minimum Gasteiger partial charge on any atom is -0.352 e. The van der Waals surface area contributed by atoms with Crippen LogP contribution in [0.5, 0.6) is 0 Å². The molecule has 0 unspecified atom stereocenters. The highest BCUT2D eigenvalue weighted by atomic mass is 35.5. The maximum atomic E-state index is 12.1. The van der Waals surface area contributed by atoms with Gasteiger partial charge in [-0.3, -0.25) is 9.59 Å². The molecule has 0 spiro atoms. The van der Waals surface area contributed by atoms with Gasteiger partial charge in [-0.2, -0.15) is 0 Å². The van der Waals surface area contributed by atoms with E-state index in [1.165, 1.54) is 0 Å². The molecule has 2 aromatic carbocycles. The lowest BCUT2D eigenvalue weighted by Gasteiger charge is -2.15. The molecule has 0 bridgehead atoms. The number of hydrogen-bond donors (Lipinski definition) is 1. The number of carbonyl (C=O) groups is 2. The first-order valence-corrected chi connectivity index (χ1v) is 9.83. The van der Waals surface area contributed by atoms with Crippen molar-refractivity contribution in [3.63, 3.8) is 0 Å². The van der Waals surface area contributed by atoms with E-state index < -0.39 is 0 Å². The number of halogens is 2. The number of benzene rings is 2. The van der Waals surface area contributed by atoms with Crippen LogP contribution in [0.3, 0.4) is 0 Å². The quantitative estimate of drug-likeness (QED) is 0.744. The molecule has 142 valence electrons. The van der Waals surface area contributed by atoms with Crippen molar-refractivity contribution in [3.8, 4) is 0 Å². The molecule has 0 atom stereocenters. The number of rotatable bonds is 7. The highest BCUT2D eigenvalue weighted by Gasteiger charge is 2.19. The highest BCUT2D eigenvalue weighted by molar-refractivity contribution is 6.36. The molecule has 1 fully saturated rings. The van der Waals surface area contributed by atoms with Crippen molar-refractivity contribution in [3.05, 3.63) is 69.2 Å². The summed E-state index contributed by atoms with van der Waals surface area (Å²) in [6, 6.07) is 13.3. The average molecular weight is 405 g/mol. The van der Waals surface area contributed by atoms with Crippen molar-refractivity contribution in [2.75, 3.05) is 6.54 Å². The molecular weight excluding hydrogens is 383 g/mol. The molecular formula is C21H22Cl2N2O2. The highest BCUT2D eigenvalue weighted by Crippen LogP contribution is 2.25. The Morgan fingerprint density at radius 3 is 2.33 bits per heavy atom. The normalized spacial score (nSPS) is 13.9. The lowest BCUT2D eigenvalue weighted by molar-refractivity contribution is -0.128. The Hall–Kier alpha value is -2.04. The molecule has 1 aliphatic heterocycles. The smallest absolute Gasteiger partial charge is 0.222 e. The summed E-state index contributed by atoms with van der Waals surface area (Å²) in [4.78, 5) is 25.7. The van der Waals surface area contributed by atoms with E-state index in [0.29, 0.717) is 42.4 Å². The fourth-order valence-electron chi connectivity index (χ4n) is 3.15. The van der Waals surface area contributed by atoms with Gasteiger partial charge in [-0.25, -0.2) is 0 Å². The molecule has 1 N–H and O–H groups in total. The van der Waals surface area contributed by atoms with Gasteiger partial charge in [0.2, 0.25) is 11.8 Å². The van der Waals surface area contributed by atoms with E-state index >= 15 is 0 Å². The van der Waals surface area contributed by atoms with Gasteiger partial charge in [0.25, 0.3) is 0 Å². The second-order valence-corrected chi connectivity index (χ2v) is 7.53. The lowest BCUT2D eigenvalue weighted by Crippen LogP contribution is -2.24. The van der Waals surface area contributed by atoms with E-state index in [4.69, 9.17) is 23.2 Å². The number of nitrogens with one attached hydrogen (secondary N) is 1. The van der Waals surface area contributed by atoms with Crippen molar-refractivity contribution in [1.82, 2.24) is 10.2 Å². The van der Waals surface area contributed by atoms with E-state index in [2.05, 4.69) is 5.32 Å². The molecule has 2 amide bonds. The summed E-state index contributed by atoms with van der Waals surface area (Å²) >= 11 is 12.3. The van der Waals surface area contributed by atoms with Crippen LogP contribution in [0.15, 0.2) is 42.5 Å². The number of nitrogens with zero attached hydrogens (tertiary/aromatic N) is 1. The first kappa shape index (κ1) is 19.7.